The zero-order chi connectivity index (χ0) is 15.4. The molecule has 1 saturated heterocycles. The van der Waals surface area contributed by atoms with Crippen LogP contribution in [0.2, 0.25) is 0 Å². The van der Waals surface area contributed by atoms with E-state index in [0.717, 1.165) is 36.4 Å². The van der Waals surface area contributed by atoms with Gasteiger partial charge in [-0.05, 0) is 35.4 Å². The summed E-state index contributed by atoms with van der Waals surface area (Å²) in [6.07, 6.45) is 0. The van der Waals surface area contributed by atoms with E-state index in [1.165, 1.54) is 11.1 Å². The number of hydrogen-bond donors (Lipinski definition) is 1. The van der Waals surface area contributed by atoms with Gasteiger partial charge in [0, 0.05) is 30.7 Å². The van der Waals surface area contributed by atoms with Crippen molar-refractivity contribution in [3.05, 3.63) is 64.1 Å². The zero-order valence-electron chi connectivity index (χ0n) is 12.8. The Kier molecular flexibility index (Phi) is 5.13. The number of piperazine rings is 1. The number of benzene rings is 2. The van der Waals surface area contributed by atoms with E-state index in [1.807, 2.05) is 12.1 Å². The molecule has 0 aliphatic carbocycles. The second kappa shape index (κ2) is 7.27. The Bertz CT molecular complexity index is 591. The molecule has 116 valence electrons. The molecule has 0 amide bonds. The number of nitrogens with one attached hydrogen (secondary N) is 1. The maximum absolute atomic E-state index is 5.29. The highest BCUT2D eigenvalue weighted by molar-refractivity contribution is 9.10. The van der Waals surface area contributed by atoms with Gasteiger partial charge in [0.2, 0.25) is 0 Å². The van der Waals surface area contributed by atoms with Crippen molar-refractivity contribution in [3.8, 4) is 5.75 Å². The first-order chi connectivity index (χ1) is 10.8. The van der Waals surface area contributed by atoms with Crippen LogP contribution in [0.3, 0.4) is 0 Å². The molecule has 1 aliphatic heterocycles. The Morgan fingerprint density at radius 3 is 2.05 bits per heavy atom. The summed E-state index contributed by atoms with van der Waals surface area (Å²) in [5.41, 5.74) is 2.64. The van der Waals surface area contributed by atoms with E-state index in [0.29, 0.717) is 6.04 Å². The molecular weight excluding hydrogens is 340 g/mol. The second-order valence-corrected chi connectivity index (χ2v) is 6.43. The van der Waals surface area contributed by atoms with Crippen molar-refractivity contribution in [1.29, 1.82) is 0 Å². The van der Waals surface area contributed by atoms with Crippen molar-refractivity contribution >= 4 is 15.9 Å². The highest BCUT2D eigenvalue weighted by Gasteiger charge is 2.23. The molecule has 1 aliphatic rings. The van der Waals surface area contributed by atoms with Gasteiger partial charge in [-0.1, -0.05) is 40.2 Å². The van der Waals surface area contributed by atoms with Crippen LogP contribution < -0.4 is 10.1 Å². The standard InChI is InChI=1S/C18H21BrN2O/c1-22-17-8-4-15(5-9-17)18(21-12-10-20-11-13-21)14-2-6-16(19)7-3-14/h2-9,18,20H,10-13H2,1H3/t18-/m0/s1. The van der Waals surface area contributed by atoms with Gasteiger partial charge in [-0.25, -0.2) is 0 Å². The van der Waals surface area contributed by atoms with Crippen molar-refractivity contribution in [3.63, 3.8) is 0 Å². The Morgan fingerprint density at radius 2 is 1.50 bits per heavy atom. The molecule has 4 heteroatoms. The molecule has 2 aromatic rings. The molecular formula is C18H21BrN2O. The van der Waals surface area contributed by atoms with Gasteiger partial charge in [0.15, 0.2) is 0 Å². The molecule has 1 fully saturated rings. The number of hydrogen-bond acceptors (Lipinski definition) is 3. The van der Waals surface area contributed by atoms with E-state index < -0.39 is 0 Å². The molecule has 22 heavy (non-hydrogen) atoms. The Morgan fingerprint density at radius 1 is 0.955 bits per heavy atom. The molecule has 0 radical (unpaired) electrons. The molecule has 0 bridgehead atoms. The summed E-state index contributed by atoms with van der Waals surface area (Å²) >= 11 is 3.53. The first-order valence-electron chi connectivity index (χ1n) is 7.62. The largest absolute Gasteiger partial charge is 0.497 e. The molecule has 0 saturated carbocycles. The van der Waals surface area contributed by atoms with E-state index in [-0.39, 0.29) is 0 Å². The molecule has 3 rings (SSSR count). The van der Waals surface area contributed by atoms with Crippen LogP contribution in [0.5, 0.6) is 5.75 Å². The number of rotatable bonds is 4. The highest BCUT2D eigenvalue weighted by Crippen LogP contribution is 2.30. The number of methoxy groups -OCH3 is 1. The van der Waals surface area contributed by atoms with Gasteiger partial charge >= 0.3 is 0 Å². The molecule has 1 N–H and O–H groups in total. The first kappa shape index (κ1) is 15.5. The SMILES string of the molecule is COc1ccc([C@H](c2ccc(Br)cc2)N2CCNCC2)cc1. The van der Waals surface area contributed by atoms with Crippen LogP contribution in [-0.2, 0) is 0 Å². The average molecular weight is 361 g/mol. The van der Waals surface area contributed by atoms with Crippen LogP contribution in [0.4, 0.5) is 0 Å². The predicted octanol–water partition coefficient (Wildman–Crippen LogP) is 3.45. The van der Waals surface area contributed by atoms with Crippen molar-refractivity contribution < 1.29 is 4.74 Å². The summed E-state index contributed by atoms with van der Waals surface area (Å²) in [6.45, 7) is 4.21. The summed E-state index contributed by atoms with van der Waals surface area (Å²) in [7, 11) is 1.71. The maximum Gasteiger partial charge on any atom is 0.118 e. The minimum atomic E-state index is 0.293. The van der Waals surface area contributed by atoms with E-state index >= 15 is 0 Å². The topological polar surface area (TPSA) is 24.5 Å². The monoisotopic (exact) mass is 360 g/mol. The van der Waals surface area contributed by atoms with Gasteiger partial charge in [0.05, 0.1) is 13.2 Å². The molecule has 0 aromatic heterocycles. The summed E-state index contributed by atoms with van der Waals surface area (Å²) in [4.78, 5) is 2.54. The lowest BCUT2D eigenvalue weighted by Gasteiger charge is -2.35. The smallest absolute Gasteiger partial charge is 0.118 e. The highest BCUT2D eigenvalue weighted by atomic mass is 79.9. The Hall–Kier alpha value is -1.36. The summed E-state index contributed by atoms with van der Waals surface area (Å²) in [5, 5.41) is 3.43. The van der Waals surface area contributed by atoms with Crippen LogP contribution in [0.25, 0.3) is 0 Å². The van der Waals surface area contributed by atoms with Gasteiger partial charge in [0.1, 0.15) is 5.75 Å². The van der Waals surface area contributed by atoms with Gasteiger partial charge < -0.3 is 10.1 Å². The van der Waals surface area contributed by atoms with E-state index in [1.54, 1.807) is 7.11 Å². The average Bonchev–Trinajstić information content (AvgIpc) is 2.58. The Balaban J connectivity index is 1.95. The van der Waals surface area contributed by atoms with Crippen LogP contribution >= 0.6 is 15.9 Å². The lowest BCUT2D eigenvalue weighted by Crippen LogP contribution is -2.45. The third kappa shape index (κ3) is 3.51. The minimum absolute atomic E-state index is 0.293. The van der Waals surface area contributed by atoms with Crippen molar-refractivity contribution in [2.24, 2.45) is 0 Å². The molecule has 1 atom stereocenters. The van der Waals surface area contributed by atoms with Crippen molar-refractivity contribution in [2.75, 3.05) is 33.3 Å². The zero-order valence-corrected chi connectivity index (χ0v) is 14.3. The third-order valence-corrected chi connectivity index (χ3v) is 4.66. The van der Waals surface area contributed by atoms with Crippen molar-refractivity contribution in [2.45, 2.75) is 6.04 Å². The fourth-order valence-electron chi connectivity index (χ4n) is 2.99. The lowest BCUT2D eigenvalue weighted by atomic mass is 9.96. The molecule has 0 spiro atoms. The first-order valence-corrected chi connectivity index (χ1v) is 8.41. The van der Waals surface area contributed by atoms with Gasteiger partial charge in [0.25, 0.3) is 0 Å². The molecule has 3 nitrogen and oxygen atoms in total. The van der Waals surface area contributed by atoms with Crippen LogP contribution in [-0.4, -0.2) is 38.2 Å². The van der Waals surface area contributed by atoms with E-state index in [2.05, 4.69) is 62.5 Å². The molecule has 1 heterocycles. The third-order valence-electron chi connectivity index (χ3n) is 4.13. The van der Waals surface area contributed by atoms with E-state index in [4.69, 9.17) is 4.74 Å². The van der Waals surface area contributed by atoms with Crippen LogP contribution in [0, 0.1) is 0 Å². The van der Waals surface area contributed by atoms with Crippen LogP contribution in [0.1, 0.15) is 17.2 Å². The number of nitrogens with zero attached hydrogens (tertiary/aromatic N) is 1. The van der Waals surface area contributed by atoms with Crippen LogP contribution in [0.15, 0.2) is 53.0 Å². The summed E-state index contributed by atoms with van der Waals surface area (Å²) in [5.74, 6) is 0.901. The van der Waals surface area contributed by atoms with Gasteiger partial charge in [-0.2, -0.15) is 0 Å². The van der Waals surface area contributed by atoms with Crippen molar-refractivity contribution in [1.82, 2.24) is 10.2 Å². The fourth-order valence-corrected chi connectivity index (χ4v) is 3.25. The summed E-state index contributed by atoms with van der Waals surface area (Å²) in [6, 6.07) is 17.4. The lowest BCUT2D eigenvalue weighted by molar-refractivity contribution is 0.198. The normalized spacial score (nSPS) is 17.2. The molecule has 2 aromatic carbocycles. The van der Waals surface area contributed by atoms with Gasteiger partial charge in [-0.15, -0.1) is 0 Å². The van der Waals surface area contributed by atoms with Gasteiger partial charge in [-0.3, -0.25) is 4.90 Å². The number of halogens is 1. The van der Waals surface area contributed by atoms with E-state index in [9.17, 15) is 0 Å². The second-order valence-electron chi connectivity index (χ2n) is 5.51. The molecule has 0 unspecified atom stereocenters. The quantitative estimate of drug-likeness (QED) is 0.903. The number of ether oxygens (including phenoxy) is 1. The fraction of sp³-hybridized carbons (Fsp3) is 0.333. The predicted molar refractivity (Wildman–Crippen MR) is 93.4 cm³/mol. The summed E-state index contributed by atoms with van der Waals surface area (Å²) < 4.78 is 6.40. The maximum atomic E-state index is 5.29. The minimum Gasteiger partial charge on any atom is -0.497 e. The Labute approximate surface area is 140 Å².